The Labute approximate surface area is 177 Å². The minimum absolute atomic E-state index is 0.0972. The highest BCUT2D eigenvalue weighted by Crippen LogP contribution is 2.25. The van der Waals surface area contributed by atoms with Crippen molar-refractivity contribution in [2.75, 3.05) is 63.3 Å². The van der Waals surface area contributed by atoms with Gasteiger partial charge in [0.15, 0.2) is 5.82 Å². The van der Waals surface area contributed by atoms with E-state index in [2.05, 4.69) is 32.1 Å². The Balaban J connectivity index is 1.26. The van der Waals surface area contributed by atoms with Gasteiger partial charge < -0.3 is 24.2 Å². The van der Waals surface area contributed by atoms with Crippen LogP contribution in [0.15, 0.2) is 36.4 Å². The predicted octanol–water partition coefficient (Wildman–Crippen LogP) is 2.06. The summed E-state index contributed by atoms with van der Waals surface area (Å²) in [5, 5.41) is 8.26. The Morgan fingerprint density at radius 3 is 2.10 bits per heavy atom. The zero-order chi connectivity index (χ0) is 20.9. The van der Waals surface area contributed by atoms with E-state index in [4.69, 9.17) is 9.47 Å². The van der Waals surface area contributed by atoms with Crippen LogP contribution in [0.5, 0.6) is 11.6 Å². The van der Waals surface area contributed by atoms with Crippen LogP contribution in [0.4, 0.5) is 11.5 Å². The second-order valence-electron chi connectivity index (χ2n) is 7.71. The number of nitrogens with zero attached hydrogens (tertiary/aromatic N) is 5. The SMILES string of the molecule is COc1ccc(N2CCN(C(=O)C3CCN(c4ccc(OC)nn4)CC3)CC2)cc1. The molecule has 3 heterocycles. The summed E-state index contributed by atoms with van der Waals surface area (Å²) in [5.74, 6) is 2.61. The van der Waals surface area contributed by atoms with E-state index in [-0.39, 0.29) is 5.92 Å². The molecule has 2 aliphatic rings. The first kappa shape index (κ1) is 20.3. The lowest BCUT2D eigenvalue weighted by atomic mass is 9.95. The molecule has 2 aliphatic heterocycles. The van der Waals surface area contributed by atoms with Crippen molar-refractivity contribution in [3.8, 4) is 11.6 Å². The van der Waals surface area contributed by atoms with Gasteiger partial charge in [0.2, 0.25) is 11.8 Å². The highest BCUT2D eigenvalue weighted by Gasteiger charge is 2.31. The molecule has 1 aromatic carbocycles. The lowest BCUT2D eigenvalue weighted by Gasteiger charge is -2.39. The smallest absolute Gasteiger partial charge is 0.233 e. The van der Waals surface area contributed by atoms with Crippen LogP contribution < -0.4 is 19.3 Å². The van der Waals surface area contributed by atoms with Crippen molar-refractivity contribution in [3.63, 3.8) is 0 Å². The van der Waals surface area contributed by atoms with Gasteiger partial charge in [0.25, 0.3) is 0 Å². The molecule has 160 valence electrons. The summed E-state index contributed by atoms with van der Waals surface area (Å²) in [7, 11) is 3.26. The average molecular weight is 412 g/mol. The number of rotatable bonds is 5. The van der Waals surface area contributed by atoms with Crippen molar-refractivity contribution in [2.45, 2.75) is 12.8 Å². The van der Waals surface area contributed by atoms with Gasteiger partial charge in [0.05, 0.1) is 14.2 Å². The number of piperazine rings is 1. The summed E-state index contributed by atoms with van der Waals surface area (Å²) < 4.78 is 10.3. The van der Waals surface area contributed by atoms with Gasteiger partial charge in [-0.2, -0.15) is 0 Å². The summed E-state index contributed by atoms with van der Waals surface area (Å²) in [6.45, 7) is 4.91. The third kappa shape index (κ3) is 4.42. The molecule has 0 spiro atoms. The van der Waals surface area contributed by atoms with Gasteiger partial charge in [-0.25, -0.2) is 0 Å². The van der Waals surface area contributed by atoms with E-state index in [9.17, 15) is 4.79 Å². The third-order valence-electron chi connectivity index (χ3n) is 6.03. The van der Waals surface area contributed by atoms with Crippen molar-refractivity contribution in [2.24, 2.45) is 5.92 Å². The lowest BCUT2D eigenvalue weighted by molar-refractivity contribution is -0.136. The monoisotopic (exact) mass is 411 g/mol. The Kier molecular flexibility index (Phi) is 6.21. The molecule has 2 fully saturated rings. The quantitative estimate of drug-likeness (QED) is 0.746. The molecule has 0 unspecified atom stereocenters. The van der Waals surface area contributed by atoms with E-state index >= 15 is 0 Å². The maximum atomic E-state index is 13.0. The first-order chi connectivity index (χ1) is 14.7. The number of piperidine rings is 1. The molecule has 0 saturated carbocycles. The molecule has 0 radical (unpaired) electrons. The number of benzene rings is 1. The van der Waals surface area contributed by atoms with E-state index in [1.807, 2.05) is 29.2 Å². The topological polar surface area (TPSA) is 71.0 Å². The zero-order valence-electron chi connectivity index (χ0n) is 17.7. The number of carbonyl (C=O) groups excluding carboxylic acids is 1. The molecule has 30 heavy (non-hydrogen) atoms. The van der Waals surface area contributed by atoms with Gasteiger partial charge >= 0.3 is 0 Å². The van der Waals surface area contributed by atoms with Gasteiger partial charge in [-0.3, -0.25) is 4.79 Å². The number of methoxy groups -OCH3 is 2. The number of aromatic nitrogens is 2. The third-order valence-corrected chi connectivity index (χ3v) is 6.03. The van der Waals surface area contributed by atoms with Crippen molar-refractivity contribution in [1.29, 1.82) is 0 Å². The number of anilines is 2. The summed E-state index contributed by atoms with van der Waals surface area (Å²) in [5.41, 5.74) is 1.18. The highest BCUT2D eigenvalue weighted by atomic mass is 16.5. The zero-order valence-corrected chi connectivity index (χ0v) is 17.7. The number of hydrogen-bond donors (Lipinski definition) is 0. The van der Waals surface area contributed by atoms with E-state index in [0.717, 1.165) is 63.7 Å². The van der Waals surface area contributed by atoms with E-state index in [0.29, 0.717) is 11.8 Å². The van der Waals surface area contributed by atoms with Crippen molar-refractivity contribution < 1.29 is 14.3 Å². The Morgan fingerprint density at radius 2 is 1.53 bits per heavy atom. The van der Waals surface area contributed by atoms with Crippen LogP contribution in [-0.2, 0) is 4.79 Å². The molecule has 0 bridgehead atoms. The van der Waals surface area contributed by atoms with Gasteiger partial charge in [-0.05, 0) is 43.2 Å². The van der Waals surface area contributed by atoms with E-state index in [1.54, 1.807) is 14.2 Å². The summed E-state index contributed by atoms with van der Waals surface area (Å²) in [6, 6.07) is 11.9. The second-order valence-corrected chi connectivity index (χ2v) is 7.71. The summed E-state index contributed by atoms with van der Waals surface area (Å²) in [6.07, 6.45) is 1.70. The molecule has 1 amide bonds. The maximum Gasteiger partial charge on any atom is 0.233 e. The molecule has 8 nitrogen and oxygen atoms in total. The summed E-state index contributed by atoms with van der Waals surface area (Å²) in [4.78, 5) is 19.6. The molecule has 0 N–H and O–H groups in total. The fourth-order valence-corrected chi connectivity index (χ4v) is 4.18. The maximum absolute atomic E-state index is 13.0. The Hall–Kier alpha value is -3.03. The van der Waals surface area contributed by atoms with Crippen molar-refractivity contribution in [1.82, 2.24) is 15.1 Å². The molecule has 8 heteroatoms. The molecule has 2 aromatic rings. The van der Waals surface area contributed by atoms with Gasteiger partial charge in [-0.15, -0.1) is 10.2 Å². The minimum Gasteiger partial charge on any atom is -0.497 e. The number of carbonyl (C=O) groups is 1. The normalized spacial score (nSPS) is 17.7. The Morgan fingerprint density at radius 1 is 0.833 bits per heavy atom. The van der Waals surface area contributed by atoms with Crippen LogP contribution in [0.1, 0.15) is 12.8 Å². The molecular formula is C22H29N5O3. The second kappa shape index (κ2) is 9.19. The van der Waals surface area contributed by atoms with Crippen LogP contribution in [0, 0.1) is 5.92 Å². The average Bonchev–Trinajstić information content (AvgIpc) is 2.84. The molecule has 0 aliphatic carbocycles. The standard InChI is InChI=1S/C22H29N5O3/c1-29-19-5-3-18(4-6-19)25-13-15-27(16-14-25)22(28)17-9-11-26(12-10-17)20-7-8-21(30-2)24-23-20/h3-8,17H,9-16H2,1-2H3. The minimum atomic E-state index is 0.0972. The van der Waals surface area contributed by atoms with Crippen LogP contribution >= 0.6 is 0 Å². The molecule has 0 atom stereocenters. The van der Waals surface area contributed by atoms with Crippen LogP contribution in [-0.4, -0.2) is 74.5 Å². The molecular weight excluding hydrogens is 382 g/mol. The van der Waals surface area contributed by atoms with Gasteiger partial charge in [0.1, 0.15) is 5.75 Å². The van der Waals surface area contributed by atoms with E-state index < -0.39 is 0 Å². The Bertz CT molecular complexity index is 757. The van der Waals surface area contributed by atoms with Crippen LogP contribution in [0.3, 0.4) is 0 Å². The molecule has 1 aromatic heterocycles. The number of hydrogen-bond acceptors (Lipinski definition) is 7. The highest BCUT2D eigenvalue weighted by molar-refractivity contribution is 5.79. The van der Waals surface area contributed by atoms with Crippen LogP contribution in [0.2, 0.25) is 0 Å². The molecule has 2 saturated heterocycles. The predicted molar refractivity (Wildman–Crippen MR) is 115 cm³/mol. The first-order valence-electron chi connectivity index (χ1n) is 10.5. The van der Waals surface area contributed by atoms with E-state index in [1.165, 1.54) is 5.69 Å². The van der Waals surface area contributed by atoms with Gasteiger partial charge in [-0.1, -0.05) is 0 Å². The molecule has 4 rings (SSSR count). The van der Waals surface area contributed by atoms with Crippen molar-refractivity contribution in [3.05, 3.63) is 36.4 Å². The summed E-state index contributed by atoms with van der Waals surface area (Å²) >= 11 is 0. The number of amides is 1. The van der Waals surface area contributed by atoms with Crippen molar-refractivity contribution >= 4 is 17.4 Å². The fourth-order valence-electron chi connectivity index (χ4n) is 4.18. The first-order valence-corrected chi connectivity index (χ1v) is 10.5. The fraction of sp³-hybridized carbons (Fsp3) is 0.500. The largest absolute Gasteiger partial charge is 0.497 e. The number of ether oxygens (including phenoxy) is 2. The van der Waals surface area contributed by atoms with Crippen LogP contribution in [0.25, 0.3) is 0 Å². The van der Waals surface area contributed by atoms with Gasteiger partial charge in [0, 0.05) is 56.9 Å². The lowest BCUT2D eigenvalue weighted by Crippen LogP contribution is -2.51.